The lowest BCUT2D eigenvalue weighted by Crippen LogP contribution is -2.38. The summed E-state index contributed by atoms with van der Waals surface area (Å²) >= 11 is 0. The van der Waals surface area contributed by atoms with E-state index in [1.165, 1.54) is 38.8 Å². The largest absolute Gasteiger partial charge is 0.386 e. The zero-order chi connectivity index (χ0) is 15.0. The molecule has 0 atom stereocenters. The molecule has 0 spiro atoms. The molecule has 0 aromatic carbocycles. The molecule has 118 valence electrons. The molecule has 0 aromatic heterocycles. The number of rotatable bonds is 9. The lowest BCUT2D eigenvalue weighted by atomic mass is 9.92. The fourth-order valence-corrected chi connectivity index (χ4v) is 2.85. The number of ether oxygens (including phenoxy) is 1. The van der Waals surface area contributed by atoms with E-state index in [4.69, 9.17) is 4.74 Å². The molecule has 0 unspecified atom stereocenters. The summed E-state index contributed by atoms with van der Waals surface area (Å²) in [4.78, 5) is 2.53. The van der Waals surface area contributed by atoms with Crippen molar-refractivity contribution in [2.75, 3.05) is 26.2 Å². The van der Waals surface area contributed by atoms with Crippen LogP contribution in [0.2, 0.25) is 0 Å². The molecule has 0 bridgehead atoms. The number of piperidine rings is 1. The first kappa shape index (κ1) is 17.5. The average molecular weight is 282 g/mol. The SMILES string of the molecule is C=C(CN1CCC(CCCOC(C)C)CC1)NC(C)C. The minimum atomic E-state index is 0.372. The molecule has 1 aliphatic rings. The van der Waals surface area contributed by atoms with Crippen LogP contribution >= 0.6 is 0 Å². The summed E-state index contributed by atoms with van der Waals surface area (Å²) in [6.07, 6.45) is 5.57. The molecule has 1 saturated heterocycles. The van der Waals surface area contributed by atoms with Crippen LogP contribution in [0.3, 0.4) is 0 Å². The van der Waals surface area contributed by atoms with Gasteiger partial charge in [-0.25, -0.2) is 0 Å². The van der Waals surface area contributed by atoms with Gasteiger partial charge in [-0.2, -0.15) is 0 Å². The third-order valence-corrected chi connectivity index (χ3v) is 3.82. The van der Waals surface area contributed by atoms with Crippen molar-refractivity contribution in [3.8, 4) is 0 Å². The Morgan fingerprint density at radius 3 is 2.45 bits per heavy atom. The summed E-state index contributed by atoms with van der Waals surface area (Å²) in [5, 5.41) is 3.40. The van der Waals surface area contributed by atoms with E-state index in [9.17, 15) is 0 Å². The fourth-order valence-electron chi connectivity index (χ4n) is 2.85. The first-order chi connectivity index (χ1) is 9.47. The Balaban J connectivity index is 2.09. The Hall–Kier alpha value is -0.540. The predicted octanol–water partition coefficient (Wildman–Crippen LogP) is 3.42. The van der Waals surface area contributed by atoms with Crippen molar-refractivity contribution in [1.29, 1.82) is 0 Å². The van der Waals surface area contributed by atoms with Crippen LogP contribution in [0.5, 0.6) is 0 Å². The molecule has 20 heavy (non-hydrogen) atoms. The molecule has 0 radical (unpaired) electrons. The third-order valence-electron chi connectivity index (χ3n) is 3.82. The molecular formula is C17H34N2O. The summed E-state index contributed by atoms with van der Waals surface area (Å²) in [5.41, 5.74) is 1.16. The van der Waals surface area contributed by atoms with Crippen molar-refractivity contribution in [2.24, 2.45) is 5.92 Å². The minimum absolute atomic E-state index is 0.372. The van der Waals surface area contributed by atoms with E-state index >= 15 is 0 Å². The highest BCUT2D eigenvalue weighted by atomic mass is 16.5. The Morgan fingerprint density at radius 1 is 1.25 bits per heavy atom. The second kappa shape index (κ2) is 9.41. The van der Waals surface area contributed by atoms with Crippen LogP contribution in [0, 0.1) is 5.92 Å². The fraction of sp³-hybridized carbons (Fsp3) is 0.882. The van der Waals surface area contributed by atoms with Crippen molar-refractivity contribution in [3.05, 3.63) is 12.3 Å². The first-order valence-electron chi connectivity index (χ1n) is 8.25. The maximum atomic E-state index is 5.61. The van der Waals surface area contributed by atoms with Gasteiger partial charge in [0.2, 0.25) is 0 Å². The standard InChI is InChI=1S/C17H34N2O/c1-14(2)18-16(5)13-19-10-8-17(9-11-19)7-6-12-20-15(3)4/h14-15,17-18H,5-13H2,1-4H3. The van der Waals surface area contributed by atoms with E-state index in [0.29, 0.717) is 12.1 Å². The number of hydrogen-bond acceptors (Lipinski definition) is 3. The second-order valence-corrected chi connectivity index (χ2v) is 6.68. The molecule has 0 amide bonds. The van der Waals surface area contributed by atoms with Crippen LogP contribution in [-0.2, 0) is 4.74 Å². The topological polar surface area (TPSA) is 24.5 Å². The van der Waals surface area contributed by atoms with Gasteiger partial charge in [0.1, 0.15) is 0 Å². The van der Waals surface area contributed by atoms with Crippen LogP contribution in [0.25, 0.3) is 0 Å². The Morgan fingerprint density at radius 2 is 1.90 bits per heavy atom. The van der Waals surface area contributed by atoms with Gasteiger partial charge in [0.05, 0.1) is 6.10 Å². The Labute approximate surface area is 125 Å². The van der Waals surface area contributed by atoms with Gasteiger partial charge in [-0.1, -0.05) is 6.58 Å². The molecule has 1 rings (SSSR count). The highest BCUT2D eigenvalue weighted by molar-refractivity contribution is 4.96. The van der Waals surface area contributed by atoms with Crippen molar-refractivity contribution in [1.82, 2.24) is 10.2 Å². The Kier molecular flexibility index (Phi) is 8.24. The molecule has 3 nitrogen and oxygen atoms in total. The molecule has 3 heteroatoms. The number of hydrogen-bond donors (Lipinski definition) is 1. The van der Waals surface area contributed by atoms with Gasteiger partial charge in [0.15, 0.2) is 0 Å². The van der Waals surface area contributed by atoms with E-state index in [2.05, 4.69) is 44.5 Å². The van der Waals surface area contributed by atoms with Gasteiger partial charge in [-0.3, -0.25) is 4.90 Å². The zero-order valence-electron chi connectivity index (χ0n) is 14.0. The van der Waals surface area contributed by atoms with Crippen LogP contribution in [0.15, 0.2) is 12.3 Å². The van der Waals surface area contributed by atoms with Crippen LogP contribution < -0.4 is 5.32 Å². The van der Waals surface area contributed by atoms with Gasteiger partial charge < -0.3 is 10.1 Å². The van der Waals surface area contributed by atoms with Crippen molar-refractivity contribution < 1.29 is 4.74 Å². The molecule has 1 aliphatic heterocycles. The lowest BCUT2D eigenvalue weighted by Gasteiger charge is -2.32. The molecule has 0 aromatic rings. The van der Waals surface area contributed by atoms with Crippen LogP contribution in [0.1, 0.15) is 53.4 Å². The Bertz CT molecular complexity index is 268. The van der Waals surface area contributed by atoms with E-state index in [1.54, 1.807) is 0 Å². The van der Waals surface area contributed by atoms with Crippen LogP contribution in [0.4, 0.5) is 0 Å². The van der Waals surface area contributed by atoms with Crippen molar-refractivity contribution >= 4 is 0 Å². The number of nitrogens with zero attached hydrogens (tertiary/aromatic N) is 1. The molecule has 0 aliphatic carbocycles. The summed E-state index contributed by atoms with van der Waals surface area (Å²) in [7, 11) is 0. The predicted molar refractivity (Wildman–Crippen MR) is 86.9 cm³/mol. The molecule has 1 N–H and O–H groups in total. The highest BCUT2D eigenvalue weighted by Crippen LogP contribution is 2.22. The normalized spacial score (nSPS) is 17.9. The zero-order valence-corrected chi connectivity index (χ0v) is 14.0. The van der Waals surface area contributed by atoms with E-state index in [0.717, 1.165) is 24.8 Å². The number of nitrogens with one attached hydrogen (secondary N) is 1. The second-order valence-electron chi connectivity index (χ2n) is 6.68. The van der Waals surface area contributed by atoms with Crippen molar-refractivity contribution in [3.63, 3.8) is 0 Å². The van der Waals surface area contributed by atoms with Gasteiger partial charge in [0, 0.05) is 24.9 Å². The highest BCUT2D eigenvalue weighted by Gasteiger charge is 2.19. The van der Waals surface area contributed by atoms with Gasteiger partial charge in [-0.05, 0) is 72.4 Å². The van der Waals surface area contributed by atoms with E-state index in [1.807, 2.05) is 0 Å². The maximum Gasteiger partial charge on any atom is 0.0518 e. The van der Waals surface area contributed by atoms with E-state index in [-0.39, 0.29) is 0 Å². The molecular weight excluding hydrogens is 248 g/mol. The third kappa shape index (κ3) is 7.91. The quantitative estimate of drug-likeness (QED) is 0.656. The summed E-state index contributed by atoms with van der Waals surface area (Å²) in [6, 6.07) is 0.487. The number of likely N-dealkylation sites (tertiary alicyclic amines) is 1. The first-order valence-corrected chi connectivity index (χ1v) is 8.25. The summed E-state index contributed by atoms with van der Waals surface area (Å²) < 4.78 is 5.61. The van der Waals surface area contributed by atoms with Gasteiger partial charge in [-0.15, -0.1) is 0 Å². The lowest BCUT2D eigenvalue weighted by molar-refractivity contribution is 0.0707. The van der Waals surface area contributed by atoms with Crippen molar-refractivity contribution in [2.45, 2.75) is 65.5 Å². The summed E-state index contributed by atoms with van der Waals surface area (Å²) in [6.45, 7) is 17.0. The maximum absolute atomic E-state index is 5.61. The van der Waals surface area contributed by atoms with Gasteiger partial charge in [0.25, 0.3) is 0 Å². The monoisotopic (exact) mass is 282 g/mol. The van der Waals surface area contributed by atoms with E-state index < -0.39 is 0 Å². The minimum Gasteiger partial charge on any atom is -0.386 e. The van der Waals surface area contributed by atoms with Gasteiger partial charge >= 0.3 is 0 Å². The smallest absolute Gasteiger partial charge is 0.0518 e. The molecule has 0 saturated carbocycles. The molecule has 1 heterocycles. The average Bonchev–Trinajstić information content (AvgIpc) is 2.35. The molecule has 1 fully saturated rings. The van der Waals surface area contributed by atoms with Crippen LogP contribution in [-0.4, -0.2) is 43.3 Å². The summed E-state index contributed by atoms with van der Waals surface area (Å²) in [5.74, 6) is 0.897.